The average Bonchev–Trinajstić information content (AvgIpc) is 3.23. The van der Waals surface area contributed by atoms with Crippen molar-refractivity contribution in [2.24, 2.45) is 0 Å². The fraction of sp³-hybridized carbons (Fsp3) is 0.160. The van der Waals surface area contributed by atoms with Gasteiger partial charge < -0.3 is 14.0 Å². The first-order valence-electron chi connectivity index (χ1n) is 10.4. The third kappa shape index (κ3) is 3.62. The number of carbonyl (C=O) groups is 1. The van der Waals surface area contributed by atoms with Crippen molar-refractivity contribution in [2.45, 2.75) is 20.0 Å². The van der Waals surface area contributed by atoms with Gasteiger partial charge in [-0.2, -0.15) is 0 Å². The Hall–Kier alpha value is -4.00. The van der Waals surface area contributed by atoms with Crippen LogP contribution in [-0.2, 0) is 13.1 Å². The molecule has 160 valence electrons. The molecule has 3 heterocycles. The standard InChI is InChI=1S/C25H21FN4O2/c1-17-14-29(16-27-17)22-9-10-23-24(31)28(11-12-30(23)25(22)32)15-18-3-2-4-20(13-18)19-5-7-21(26)8-6-19/h2-10,13-14,16H,11-12,15H2,1H3. The minimum absolute atomic E-state index is 0.172. The number of halogens is 1. The summed E-state index contributed by atoms with van der Waals surface area (Å²) >= 11 is 0. The molecule has 6 nitrogen and oxygen atoms in total. The largest absolute Gasteiger partial charge is 0.331 e. The Morgan fingerprint density at radius 1 is 0.969 bits per heavy atom. The summed E-state index contributed by atoms with van der Waals surface area (Å²) in [6, 6.07) is 17.6. The smallest absolute Gasteiger partial charge is 0.275 e. The monoisotopic (exact) mass is 428 g/mol. The topological polar surface area (TPSA) is 60.1 Å². The number of hydrogen-bond acceptors (Lipinski definition) is 3. The Kier molecular flexibility index (Phi) is 4.93. The van der Waals surface area contributed by atoms with Gasteiger partial charge in [-0.15, -0.1) is 0 Å². The molecule has 0 aliphatic carbocycles. The maximum atomic E-state index is 13.2. The van der Waals surface area contributed by atoms with E-state index in [2.05, 4.69) is 4.98 Å². The third-order valence-electron chi connectivity index (χ3n) is 5.72. The average molecular weight is 428 g/mol. The first-order valence-corrected chi connectivity index (χ1v) is 10.4. The number of nitrogens with zero attached hydrogens (tertiary/aromatic N) is 4. The quantitative estimate of drug-likeness (QED) is 0.497. The molecule has 1 amide bonds. The third-order valence-corrected chi connectivity index (χ3v) is 5.72. The van der Waals surface area contributed by atoms with E-state index in [9.17, 15) is 14.0 Å². The van der Waals surface area contributed by atoms with E-state index in [0.29, 0.717) is 31.0 Å². The summed E-state index contributed by atoms with van der Waals surface area (Å²) in [5, 5.41) is 0. The number of aromatic nitrogens is 3. The Labute approximate surface area is 184 Å². The van der Waals surface area contributed by atoms with Crippen LogP contribution in [0.25, 0.3) is 16.8 Å². The number of fused-ring (bicyclic) bond motifs is 1. The number of amides is 1. The van der Waals surface area contributed by atoms with Gasteiger partial charge in [0.1, 0.15) is 17.2 Å². The number of carbonyl (C=O) groups excluding carboxylic acids is 1. The summed E-state index contributed by atoms with van der Waals surface area (Å²) in [6.45, 7) is 3.17. The van der Waals surface area contributed by atoms with Gasteiger partial charge in [0.05, 0.1) is 12.0 Å². The minimum Gasteiger partial charge on any atom is -0.331 e. The molecule has 0 saturated carbocycles. The van der Waals surface area contributed by atoms with E-state index >= 15 is 0 Å². The van der Waals surface area contributed by atoms with Crippen LogP contribution in [0.4, 0.5) is 4.39 Å². The zero-order chi connectivity index (χ0) is 22.2. The normalized spacial score (nSPS) is 13.3. The van der Waals surface area contributed by atoms with Crippen LogP contribution in [0.1, 0.15) is 21.7 Å². The number of aryl methyl sites for hydroxylation is 1. The van der Waals surface area contributed by atoms with Crippen molar-refractivity contribution in [3.05, 3.63) is 106 Å². The van der Waals surface area contributed by atoms with Crippen LogP contribution in [0.5, 0.6) is 0 Å². The van der Waals surface area contributed by atoms with E-state index in [-0.39, 0.29) is 17.3 Å². The van der Waals surface area contributed by atoms with E-state index in [0.717, 1.165) is 22.4 Å². The highest BCUT2D eigenvalue weighted by Crippen LogP contribution is 2.23. The fourth-order valence-electron chi connectivity index (χ4n) is 4.07. The maximum absolute atomic E-state index is 13.2. The van der Waals surface area contributed by atoms with E-state index in [4.69, 9.17) is 0 Å². The Morgan fingerprint density at radius 2 is 1.78 bits per heavy atom. The van der Waals surface area contributed by atoms with Crippen molar-refractivity contribution < 1.29 is 9.18 Å². The van der Waals surface area contributed by atoms with Crippen LogP contribution in [0, 0.1) is 12.7 Å². The summed E-state index contributed by atoms with van der Waals surface area (Å²) in [4.78, 5) is 32.0. The Morgan fingerprint density at radius 3 is 2.53 bits per heavy atom. The van der Waals surface area contributed by atoms with Gasteiger partial charge in [0.25, 0.3) is 11.5 Å². The van der Waals surface area contributed by atoms with Gasteiger partial charge in [-0.25, -0.2) is 9.37 Å². The molecule has 4 aromatic rings. The van der Waals surface area contributed by atoms with Crippen molar-refractivity contribution in [2.75, 3.05) is 6.54 Å². The fourth-order valence-corrected chi connectivity index (χ4v) is 4.07. The summed E-state index contributed by atoms with van der Waals surface area (Å²) in [5.74, 6) is -0.446. The predicted octanol–water partition coefficient (Wildman–Crippen LogP) is 3.80. The second-order valence-electron chi connectivity index (χ2n) is 7.92. The van der Waals surface area contributed by atoms with Gasteiger partial charge in [0.15, 0.2) is 0 Å². The van der Waals surface area contributed by atoms with Gasteiger partial charge in [0.2, 0.25) is 0 Å². The highest BCUT2D eigenvalue weighted by molar-refractivity contribution is 5.93. The lowest BCUT2D eigenvalue weighted by Crippen LogP contribution is -2.44. The second kappa shape index (κ2) is 7.92. The SMILES string of the molecule is Cc1cn(-c2ccc3n(c2=O)CCN(Cc2cccc(-c4ccc(F)cc4)c2)C3=O)cn1. The molecule has 7 heteroatoms. The Bertz CT molecular complexity index is 1370. The van der Waals surface area contributed by atoms with E-state index in [1.54, 1.807) is 50.8 Å². The predicted molar refractivity (Wildman–Crippen MR) is 119 cm³/mol. The number of pyridine rings is 1. The Balaban J connectivity index is 1.40. The molecule has 0 unspecified atom stereocenters. The molecule has 0 spiro atoms. The summed E-state index contributed by atoms with van der Waals surface area (Å²) < 4.78 is 16.5. The van der Waals surface area contributed by atoms with Crippen molar-refractivity contribution in [3.8, 4) is 16.8 Å². The molecule has 1 aliphatic heterocycles. The van der Waals surface area contributed by atoms with Crippen molar-refractivity contribution in [1.29, 1.82) is 0 Å². The molecule has 0 radical (unpaired) electrons. The molecule has 0 atom stereocenters. The van der Waals surface area contributed by atoms with E-state index in [1.807, 2.05) is 31.2 Å². The van der Waals surface area contributed by atoms with Crippen LogP contribution in [-0.4, -0.2) is 31.5 Å². The number of benzene rings is 2. The van der Waals surface area contributed by atoms with E-state index < -0.39 is 0 Å². The molecular weight excluding hydrogens is 407 g/mol. The lowest BCUT2D eigenvalue weighted by atomic mass is 10.0. The number of rotatable bonds is 4. The van der Waals surface area contributed by atoms with Crippen LogP contribution in [0.3, 0.4) is 0 Å². The van der Waals surface area contributed by atoms with Gasteiger partial charge in [-0.1, -0.05) is 30.3 Å². The highest BCUT2D eigenvalue weighted by atomic mass is 19.1. The van der Waals surface area contributed by atoms with Crippen LogP contribution in [0.15, 0.2) is 78.0 Å². The summed E-state index contributed by atoms with van der Waals surface area (Å²) in [5.41, 5.74) is 4.32. The molecule has 0 saturated heterocycles. The second-order valence-corrected chi connectivity index (χ2v) is 7.92. The zero-order valence-corrected chi connectivity index (χ0v) is 17.5. The van der Waals surface area contributed by atoms with Gasteiger partial charge in [0, 0.05) is 25.8 Å². The van der Waals surface area contributed by atoms with Gasteiger partial charge in [-0.05, 0) is 53.9 Å². The molecule has 0 N–H and O–H groups in total. The molecule has 32 heavy (non-hydrogen) atoms. The molecule has 5 rings (SSSR count). The number of imidazole rings is 1. The van der Waals surface area contributed by atoms with Gasteiger partial charge in [-0.3, -0.25) is 9.59 Å². The molecular formula is C25H21FN4O2. The first kappa shape index (κ1) is 19.9. The van der Waals surface area contributed by atoms with Crippen LogP contribution >= 0.6 is 0 Å². The summed E-state index contributed by atoms with van der Waals surface area (Å²) in [7, 11) is 0. The van der Waals surface area contributed by atoms with Crippen molar-refractivity contribution >= 4 is 5.91 Å². The lowest BCUT2D eigenvalue weighted by molar-refractivity contribution is 0.0686. The van der Waals surface area contributed by atoms with Gasteiger partial charge >= 0.3 is 0 Å². The molecule has 0 fully saturated rings. The first-order chi connectivity index (χ1) is 15.5. The summed E-state index contributed by atoms with van der Waals surface area (Å²) in [6.07, 6.45) is 3.39. The molecule has 2 aromatic heterocycles. The van der Waals surface area contributed by atoms with E-state index in [1.165, 1.54) is 12.1 Å². The molecule has 2 aromatic carbocycles. The maximum Gasteiger partial charge on any atom is 0.275 e. The number of hydrogen-bond donors (Lipinski definition) is 0. The molecule has 1 aliphatic rings. The van der Waals surface area contributed by atoms with Crippen LogP contribution in [0.2, 0.25) is 0 Å². The zero-order valence-electron chi connectivity index (χ0n) is 17.5. The van der Waals surface area contributed by atoms with Crippen molar-refractivity contribution in [3.63, 3.8) is 0 Å². The molecule has 0 bridgehead atoms. The highest BCUT2D eigenvalue weighted by Gasteiger charge is 2.26. The van der Waals surface area contributed by atoms with Crippen molar-refractivity contribution in [1.82, 2.24) is 19.0 Å². The minimum atomic E-state index is -0.274. The lowest BCUT2D eigenvalue weighted by Gasteiger charge is -2.30. The van der Waals surface area contributed by atoms with Crippen LogP contribution < -0.4 is 5.56 Å².